The highest BCUT2D eigenvalue weighted by Crippen LogP contribution is 2.48. The number of halogens is 1. The fourth-order valence-electron chi connectivity index (χ4n) is 2.75. The van der Waals surface area contributed by atoms with Crippen LogP contribution < -0.4 is 10.6 Å². The molecule has 3 aliphatic rings. The number of nitrogens with one attached hydrogen (secondary N) is 2. The number of amides is 1. The van der Waals surface area contributed by atoms with Gasteiger partial charge in [0.25, 0.3) is 0 Å². The van der Waals surface area contributed by atoms with Gasteiger partial charge in [-0.15, -0.1) is 12.4 Å². The first-order valence-corrected chi connectivity index (χ1v) is 6.60. The van der Waals surface area contributed by atoms with Gasteiger partial charge in [-0.1, -0.05) is 0 Å². The van der Waals surface area contributed by atoms with E-state index in [1.54, 1.807) is 0 Å². The summed E-state index contributed by atoms with van der Waals surface area (Å²) in [7, 11) is 0. The maximum Gasteiger partial charge on any atom is 0.224 e. The fourth-order valence-corrected chi connectivity index (χ4v) is 3.91. The normalized spacial score (nSPS) is 41.9. The van der Waals surface area contributed by atoms with E-state index >= 15 is 0 Å². The van der Waals surface area contributed by atoms with E-state index < -0.39 is 0 Å². The predicted octanol–water partition coefficient (Wildman–Crippen LogP) is 0.495. The fraction of sp³-hybridized carbons (Fsp3) is 0.900. The number of hydrogen-bond acceptors (Lipinski definition) is 3. The zero-order valence-corrected chi connectivity index (χ0v) is 10.2. The third-order valence-corrected chi connectivity index (χ3v) is 4.83. The zero-order chi connectivity index (χ0) is 9.54. The van der Waals surface area contributed by atoms with E-state index in [0.29, 0.717) is 29.7 Å². The minimum absolute atomic E-state index is 0. The summed E-state index contributed by atoms with van der Waals surface area (Å²) in [6.07, 6.45) is 1.16. The van der Waals surface area contributed by atoms with Crippen LogP contribution in [0.1, 0.15) is 6.42 Å². The van der Waals surface area contributed by atoms with E-state index in [1.165, 1.54) is 5.75 Å². The highest BCUT2D eigenvalue weighted by molar-refractivity contribution is 7.99. The summed E-state index contributed by atoms with van der Waals surface area (Å²) in [5.74, 6) is 4.32. The van der Waals surface area contributed by atoms with Gasteiger partial charge in [0.15, 0.2) is 0 Å². The first-order valence-electron chi connectivity index (χ1n) is 5.45. The van der Waals surface area contributed by atoms with Crippen molar-refractivity contribution in [3.63, 3.8) is 0 Å². The first-order chi connectivity index (χ1) is 6.86. The van der Waals surface area contributed by atoms with Crippen LogP contribution in [0.2, 0.25) is 0 Å². The molecular formula is C10H17ClN2OS. The number of hydrogen-bond donors (Lipinski definition) is 2. The lowest BCUT2D eigenvalue weighted by Crippen LogP contribution is -2.37. The zero-order valence-electron chi connectivity index (χ0n) is 8.57. The van der Waals surface area contributed by atoms with Crippen LogP contribution in [0.5, 0.6) is 0 Å². The number of carbonyl (C=O) groups is 1. The van der Waals surface area contributed by atoms with Crippen LogP contribution in [-0.4, -0.2) is 36.5 Å². The molecule has 0 aromatic rings. The van der Waals surface area contributed by atoms with Gasteiger partial charge in [-0.25, -0.2) is 0 Å². The van der Waals surface area contributed by atoms with Crippen molar-refractivity contribution in [1.29, 1.82) is 0 Å². The van der Waals surface area contributed by atoms with Crippen LogP contribution in [-0.2, 0) is 4.79 Å². The Morgan fingerprint density at radius 1 is 1.33 bits per heavy atom. The van der Waals surface area contributed by atoms with E-state index in [0.717, 1.165) is 25.3 Å². The van der Waals surface area contributed by atoms with Crippen molar-refractivity contribution < 1.29 is 4.79 Å². The maximum absolute atomic E-state index is 11.8. The molecule has 4 atom stereocenters. The van der Waals surface area contributed by atoms with Gasteiger partial charge in [-0.3, -0.25) is 4.79 Å². The molecule has 1 aliphatic carbocycles. The van der Waals surface area contributed by atoms with Gasteiger partial charge in [-0.2, -0.15) is 11.8 Å². The van der Waals surface area contributed by atoms with E-state index in [9.17, 15) is 4.79 Å². The molecule has 3 fully saturated rings. The Morgan fingerprint density at radius 2 is 2.07 bits per heavy atom. The number of rotatable bonds is 2. The van der Waals surface area contributed by atoms with Crippen molar-refractivity contribution in [2.75, 3.05) is 24.6 Å². The molecule has 0 spiro atoms. The molecule has 0 radical (unpaired) electrons. The largest absolute Gasteiger partial charge is 0.352 e. The van der Waals surface area contributed by atoms with Gasteiger partial charge in [0.2, 0.25) is 5.91 Å². The van der Waals surface area contributed by atoms with Gasteiger partial charge >= 0.3 is 0 Å². The topological polar surface area (TPSA) is 41.1 Å². The Morgan fingerprint density at radius 3 is 2.67 bits per heavy atom. The molecule has 2 unspecified atom stereocenters. The Kier molecular flexibility index (Phi) is 3.48. The number of piperidine rings is 1. The standard InChI is InChI=1S/C10H16N2OS.ClH/c13-10(12-6-1-2-14-5-6)9-7-3-11-4-8(7)9;/h6-9,11H,1-5H2,(H,12,13);1H/t6?,7-,8+,9?;. The SMILES string of the molecule is Cl.O=C(NC1CCSC1)C1[C@H]2CNC[C@@H]12. The summed E-state index contributed by atoms with van der Waals surface area (Å²) in [6, 6.07) is 0.460. The Labute approximate surface area is 101 Å². The summed E-state index contributed by atoms with van der Waals surface area (Å²) in [6.45, 7) is 2.12. The second kappa shape index (κ2) is 4.52. The molecule has 15 heavy (non-hydrogen) atoms. The van der Waals surface area contributed by atoms with Crippen molar-refractivity contribution in [3.8, 4) is 0 Å². The second-order valence-electron chi connectivity index (χ2n) is 4.58. The van der Waals surface area contributed by atoms with Gasteiger partial charge in [0.1, 0.15) is 0 Å². The molecule has 1 saturated carbocycles. The monoisotopic (exact) mass is 248 g/mol. The van der Waals surface area contributed by atoms with Crippen LogP contribution in [0.3, 0.4) is 0 Å². The lowest BCUT2D eigenvalue weighted by Gasteiger charge is -2.12. The van der Waals surface area contributed by atoms with Crippen molar-refractivity contribution in [3.05, 3.63) is 0 Å². The molecule has 1 amide bonds. The van der Waals surface area contributed by atoms with Crippen molar-refractivity contribution >= 4 is 30.1 Å². The third kappa shape index (κ3) is 2.12. The summed E-state index contributed by atoms with van der Waals surface area (Å²) in [5, 5.41) is 6.50. The molecule has 2 aliphatic heterocycles. The van der Waals surface area contributed by atoms with Crippen molar-refractivity contribution in [2.45, 2.75) is 12.5 Å². The molecule has 0 aromatic heterocycles. The molecule has 86 valence electrons. The van der Waals surface area contributed by atoms with E-state index in [-0.39, 0.29) is 12.4 Å². The van der Waals surface area contributed by atoms with E-state index in [4.69, 9.17) is 0 Å². The van der Waals surface area contributed by atoms with Crippen LogP contribution in [0.25, 0.3) is 0 Å². The number of fused-ring (bicyclic) bond motifs is 1. The van der Waals surface area contributed by atoms with Crippen molar-refractivity contribution in [1.82, 2.24) is 10.6 Å². The average molecular weight is 249 g/mol. The molecular weight excluding hydrogens is 232 g/mol. The summed E-state index contributed by atoms with van der Waals surface area (Å²) < 4.78 is 0. The van der Waals surface area contributed by atoms with Crippen LogP contribution >= 0.6 is 24.2 Å². The molecule has 5 heteroatoms. The van der Waals surface area contributed by atoms with Crippen LogP contribution in [0, 0.1) is 17.8 Å². The molecule has 2 heterocycles. The van der Waals surface area contributed by atoms with E-state index in [2.05, 4.69) is 10.6 Å². The minimum atomic E-state index is 0. The summed E-state index contributed by atoms with van der Waals surface area (Å²) in [5.41, 5.74) is 0. The third-order valence-electron chi connectivity index (χ3n) is 3.67. The quantitative estimate of drug-likeness (QED) is 0.748. The molecule has 3 rings (SSSR count). The number of thioether (sulfide) groups is 1. The lowest BCUT2D eigenvalue weighted by atomic mass is 10.2. The maximum atomic E-state index is 11.8. The molecule has 3 nitrogen and oxygen atoms in total. The lowest BCUT2D eigenvalue weighted by molar-refractivity contribution is -0.123. The van der Waals surface area contributed by atoms with Gasteiger partial charge in [0.05, 0.1) is 0 Å². The average Bonchev–Trinajstić information content (AvgIpc) is 2.63. The molecule has 2 saturated heterocycles. The number of carbonyl (C=O) groups excluding carboxylic acids is 1. The highest BCUT2D eigenvalue weighted by atomic mass is 35.5. The van der Waals surface area contributed by atoms with Crippen molar-refractivity contribution in [2.24, 2.45) is 17.8 Å². The molecule has 0 bridgehead atoms. The minimum Gasteiger partial charge on any atom is -0.352 e. The summed E-state index contributed by atoms with van der Waals surface area (Å²) >= 11 is 1.95. The highest BCUT2D eigenvalue weighted by Gasteiger charge is 2.56. The first kappa shape index (κ1) is 11.6. The summed E-state index contributed by atoms with van der Waals surface area (Å²) in [4.78, 5) is 11.8. The van der Waals surface area contributed by atoms with Gasteiger partial charge < -0.3 is 10.6 Å². The second-order valence-corrected chi connectivity index (χ2v) is 5.73. The Bertz CT molecular complexity index is 248. The molecule has 0 aromatic carbocycles. The Hall–Kier alpha value is 0.0700. The van der Waals surface area contributed by atoms with Crippen LogP contribution in [0.15, 0.2) is 0 Å². The van der Waals surface area contributed by atoms with Gasteiger partial charge in [-0.05, 0) is 37.1 Å². The van der Waals surface area contributed by atoms with Gasteiger partial charge in [0, 0.05) is 17.7 Å². The Balaban J connectivity index is 0.000000853. The molecule has 2 N–H and O–H groups in total. The van der Waals surface area contributed by atoms with E-state index in [1.807, 2.05) is 11.8 Å². The predicted molar refractivity (Wildman–Crippen MR) is 64.5 cm³/mol. The smallest absolute Gasteiger partial charge is 0.224 e. The van der Waals surface area contributed by atoms with Crippen LogP contribution in [0.4, 0.5) is 0 Å².